The number of nitrogens with one attached hydrogen (secondary N) is 1. The van der Waals surface area contributed by atoms with Crippen LogP contribution in [0.5, 0.6) is 0 Å². The van der Waals surface area contributed by atoms with Crippen LogP contribution in [0.4, 0.5) is 11.6 Å². The fourth-order valence-electron chi connectivity index (χ4n) is 2.68. The molecule has 1 saturated heterocycles. The van der Waals surface area contributed by atoms with Crippen LogP contribution in [0.1, 0.15) is 18.4 Å². The molecule has 0 aliphatic carbocycles. The van der Waals surface area contributed by atoms with Gasteiger partial charge in [-0.25, -0.2) is 9.97 Å². The molecule has 6 nitrogen and oxygen atoms in total. The topological polar surface area (TPSA) is 81.9 Å². The van der Waals surface area contributed by atoms with E-state index in [0.717, 1.165) is 31.7 Å². The zero-order valence-corrected chi connectivity index (χ0v) is 12.6. The van der Waals surface area contributed by atoms with Gasteiger partial charge in [0.1, 0.15) is 17.7 Å². The van der Waals surface area contributed by atoms with E-state index in [0.29, 0.717) is 11.4 Å². The summed E-state index contributed by atoms with van der Waals surface area (Å²) in [4.78, 5) is 22.8. The molecule has 6 heteroatoms. The minimum absolute atomic E-state index is 0.00774. The maximum Gasteiger partial charge on any atom is 0.228 e. The van der Waals surface area contributed by atoms with Gasteiger partial charge in [-0.2, -0.15) is 5.26 Å². The molecule has 0 radical (unpaired) electrons. The third-order valence-corrected chi connectivity index (χ3v) is 3.98. The molecule has 23 heavy (non-hydrogen) atoms. The predicted octanol–water partition coefficient (Wildman–Crippen LogP) is 2.20. The van der Waals surface area contributed by atoms with Crippen molar-refractivity contribution in [2.24, 2.45) is 5.92 Å². The highest BCUT2D eigenvalue weighted by atomic mass is 16.1. The number of amides is 1. The van der Waals surface area contributed by atoms with Gasteiger partial charge in [-0.3, -0.25) is 4.79 Å². The van der Waals surface area contributed by atoms with Crippen molar-refractivity contribution in [3.8, 4) is 6.07 Å². The van der Waals surface area contributed by atoms with Crippen LogP contribution in [0, 0.1) is 17.2 Å². The van der Waals surface area contributed by atoms with E-state index in [1.165, 1.54) is 0 Å². The fourth-order valence-corrected chi connectivity index (χ4v) is 2.68. The number of nitriles is 1. The van der Waals surface area contributed by atoms with E-state index in [1.54, 1.807) is 24.5 Å². The molecule has 0 saturated carbocycles. The van der Waals surface area contributed by atoms with Gasteiger partial charge in [-0.15, -0.1) is 0 Å². The summed E-state index contributed by atoms with van der Waals surface area (Å²) in [6.45, 7) is 1.55. The summed E-state index contributed by atoms with van der Waals surface area (Å²) >= 11 is 0. The maximum atomic E-state index is 12.3. The Hall–Kier alpha value is -2.94. The molecule has 0 unspecified atom stereocenters. The lowest BCUT2D eigenvalue weighted by Gasteiger charge is -2.32. The third-order valence-electron chi connectivity index (χ3n) is 3.98. The molecule has 0 aromatic carbocycles. The maximum absolute atomic E-state index is 12.3. The fraction of sp³-hybridized carbons (Fsp3) is 0.294. The number of pyridine rings is 2. The quantitative estimate of drug-likeness (QED) is 0.940. The van der Waals surface area contributed by atoms with E-state index >= 15 is 0 Å². The SMILES string of the molecule is N#Cc1ccc(N2CCC(C(=O)Nc3ccccn3)CC2)nc1. The Labute approximate surface area is 134 Å². The molecule has 0 atom stereocenters. The Bertz CT molecular complexity index is 700. The van der Waals surface area contributed by atoms with Crippen LogP contribution >= 0.6 is 0 Å². The number of piperidine rings is 1. The van der Waals surface area contributed by atoms with E-state index in [9.17, 15) is 4.79 Å². The molecule has 1 N–H and O–H groups in total. The molecule has 3 rings (SSSR count). The van der Waals surface area contributed by atoms with Crippen LogP contribution in [-0.2, 0) is 4.79 Å². The van der Waals surface area contributed by atoms with E-state index in [-0.39, 0.29) is 11.8 Å². The first-order valence-corrected chi connectivity index (χ1v) is 7.59. The summed E-state index contributed by atoms with van der Waals surface area (Å²) in [6, 6.07) is 11.1. The first-order chi connectivity index (χ1) is 11.3. The molecule has 1 fully saturated rings. The average Bonchev–Trinajstić information content (AvgIpc) is 2.63. The minimum atomic E-state index is -0.00774. The summed E-state index contributed by atoms with van der Waals surface area (Å²) in [5.74, 6) is 1.46. The smallest absolute Gasteiger partial charge is 0.228 e. The number of carbonyl (C=O) groups excluding carboxylic acids is 1. The molecule has 1 amide bonds. The number of aromatic nitrogens is 2. The number of anilines is 2. The summed E-state index contributed by atoms with van der Waals surface area (Å²) in [7, 11) is 0. The molecule has 0 bridgehead atoms. The van der Waals surface area contributed by atoms with Crippen molar-refractivity contribution >= 4 is 17.5 Å². The molecular weight excluding hydrogens is 290 g/mol. The van der Waals surface area contributed by atoms with Gasteiger partial charge in [-0.05, 0) is 37.1 Å². The van der Waals surface area contributed by atoms with Gasteiger partial charge in [0, 0.05) is 31.4 Å². The second kappa shape index (κ2) is 6.88. The minimum Gasteiger partial charge on any atom is -0.357 e. The van der Waals surface area contributed by atoms with Crippen LogP contribution in [0.15, 0.2) is 42.7 Å². The van der Waals surface area contributed by atoms with Crippen molar-refractivity contribution in [2.75, 3.05) is 23.3 Å². The second-order valence-corrected chi connectivity index (χ2v) is 5.48. The number of hydrogen-bond donors (Lipinski definition) is 1. The Morgan fingerprint density at radius 3 is 2.65 bits per heavy atom. The van der Waals surface area contributed by atoms with E-state index in [4.69, 9.17) is 5.26 Å². The lowest BCUT2D eigenvalue weighted by molar-refractivity contribution is -0.120. The van der Waals surface area contributed by atoms with Gasteiger partial charge in [0.15, 0.2) is 0 Å². The van der Waals surface area contributed by atoms with E-state index in [2.05, 4.69) is 26.3 Å². The van der Waals surface area contributed by atoms with Crippen LogP contribution in [-0.4, -0.2) is 29.0 Å². The summed E-state index contributed by atoms with van der Waals surface area (Å²) < 4.78 is 0. The highest BCUT2D eigenvalue weighted by Crippen LogP contribution is 2.23. The standard InChI is InChI=1S/C17H17N5O/c18-11-13-4-5-16(20-12-13)22-9-6-14(7-10-22)17(23)21-15-3-1-2-8-19-15/h1-5,8,12,14H,6-7,9-10H2,(H,19,21,23). The van der Waals surface area contributed by atoms with Crippen molar-refractivity contribution in [2.45, 2.75) is 12.8 Å². The van der Waals surface area contributed by atoms with Crippen molar-refractivity contribution in [1.29, 1.82) is 5.26 Å². The van der Waals surface area contributed by atoms with Crippen molar-refractivity contribution in [3.05, 3.63) is 48.3 Å². The molecular formula is C17H17N5O. The van der Waals surface area contributed by atoms with Gasteiger partial charge in [0.2, 0.25) is 5.91 Å². The van der Waals surface area contributed by atoms with Crippen LogP contribution in [0.25, 0.3) is 0 Å². The highest BCUT2D eigenvalue weighted by molar-refractivity contribution is 5.91. The summed E-state index contributed by atoms with van der Waals surface area (Å²) in [5.41, 5.74) is 0.554. The van der Waals surface area contributed by atoms with Gasteiger partial charge < -0.3 is 10.2 Å². The number of rotatable bonds is 3. The Morgan fingerprint density at radius 1 is 1.22 bits per heavy atom. The summed E-state index contributed by atoms with van der Waals surface area (Å²) in [5, 5.41) is 11.7. The second-order valence-electron chi connectivity index (χ2n) is 5.48. The predicted molar refractivity (Wildman–Crippen MR) is 86.8 cm³/mol. The number of carbonyl (C=O) groups is 1. The molecule has 116 valence electrons. The summed E-state index contributed by atoms with van der Waals surface area (Å²) in [6.07, 6.45) is 4.80. The van der Waals surface area contributed by atoms with Gasteiger partial charge in [-0.1, -0.05) is 6.07 Å². The lowest BCUT2D eigenvalue weighted by Crippen LogP contribution is -2.38. The largest absolute Gasteiger partial charge is 0.357 e. The van der Waals surface area contributed by atoms with Crippen LogP contribution in [0.2, 0.25) is 0 Å². The molecule has 2 aromatic heterocycles. The van der Waals surface area contributed by atoms with Gasteiger partial charge in [0.25, 0.3) is 0 Å². The molecule has 3 heterocycles. The molecule has 0 spiro atoms. The monoisotopic (exact) mass is 307 g/mol. The number of hydrogen-bond acceptors (Lipinski definition) is 5. The Kier molecular flexibility index (Phi) is 4.48. The lowest BCUT2D eigenvalue weighted by atomic mass is 9.96. The van der Waals surface area contributed by atoms with Crippen LogP contribution < -0.4 is 10.2 Å². The molecule has 1 aliphatic rings. The average molecular weight is 307 g/mol. The van der Waals surface area contributed by atoms with Gasteiger partial charge in [0.05, 0.1) is 5.56 Å². The zero-order chi connectivity index (χ0) is 16.1. The Morgan fingerprint density at radius 2 is 2.04 bits per heavy atom. The molecule has 1 aliphatic heterocycles. The van der Waals surface area contributed by atoms with Crippen molar-refractivity contribution < 1.29 is 4.79 Å². The van der Waals surface area contributed by atoms with Crippen LogP contribution in [0.3, 0.4) is 0 Å². The zero-order valence-electron chi connectivity index (χ0n) is 12.6. The molecule has 2 aromatic rings. The van der Waals surface area contributed by atoms with Crippen molar-refractivity contribution in [3.63, 3.8) is 0 Å². The van der Waals surface area contributed by atoms with E-state index in [1.807, 2.05) is 18.2 Å². The first kappa shape index (κ1) is 15.0. The Balaban J connectivity index is 1.55. The third kappa shape index (κ3) is 3.64. The van der Waals surface area contributed by atoms with Gasteiger partial charge >= 0.3 is 0 Å². The first-order valence-electron chi connectivity index (χ1n) is 7.59. The van der Waals surface area contributed by atoms with Crippen molar-refractivity contribution in [1.82, 2.24) is 9.97 Å². The van der Waals surface area contributed by atoms with E-state index < -0.39 is 0 Å². The normalized spacial score (nSPS) is 15.0. The highest BCUT2D eigenvalue weighted by Gasteiger charge is 2.25. The number of nitrogens with zero attached hydrogens (tertiary/aromatic N) is 4.